The number of nitro groups is 1. The molecule has 0 bridgehead atoms. The van der Waals surface area contributed by atoms with Crippen molar-refractivity contribution in [3.63, 3.8) is 0 Å². The first-order valence-electron chi connectivity index (χ1n) is 22.9. The van der Waals surface area contributed by atoms with Gasteiger partial charge in [-0.3, -0.25) is 24.6 Å². The zero-order chi connectivity index (χ0) is 50.0. The van der Waals surface area contributed by atoms with Gasteiger partial charge in [-0.25, -0.2) is 18.1 Å². The Labute approximate surface area is 403 Å². The van der Waals surface area contributed by atoms with Crippen molar-refractivity contribution in [2.75, 3.05) is 82.9 Å². The third-order valence-electron chi connectivity index (χ3n) is 13.0. The summed E-state index contributed by atoms with van der Waals surface area (Å²) in [5.41, 5.74) is 3.75. The number of nitrogens with zero attached hydrogens (tertiary/aromatic N) is 5. The molecule has 21 heteroatoms. The number of nitrogens with one attached hydrogen (secondary N) is 3. The molecule has 1 atom stereocenters. The highest BCUT2D eigenvalue weighted by molar-refractivity contribution is 7.90. The van der Waals surface area contributed by atoms with Crippen molar-refractivity contribution in [1.82, 2.24) is 24.5 Å². The van der Waals surface area contributed by atoms with E-state index in [1.807, 2.05) is 0 Å². The molecule has 1 aliphatic carbocycles. The van der Waals surface area contributed by atoms with Crippen molar-refractivity contribution in [2.45, 2.75) is 57.2 Å². The number of carbonyl (C=O) groups is 2. The first kappa shape index (κ1) is 49.9. The minimum absolute atomic E-state index is 0.00230. The van der Waals surface area contributed by atoms with Crippen LogP contribution in [-0.4, -0.2) is 124 Å². The lowest BCUT2D eigenvalue weighted by molar-refractivity contribution is -0.384. The SMILES string of the molecule is COCC(=O)N1CCO[C@@H](CNc2ccc(S(=O)(=O)NC(=O)c3ccc(N4CCN(CC5=C(c6ccc(C(F)(F)F)cc6C)CC(C)(C)CC5)CC4)cc3Oc3cnc4[nH]ccc4c3)cc2[N+](=O)[O-])C1. The number of ether oxygens (including phenoxy) is 3. The molecule has 372 valence electrons. The molecule has 2 aliphatic heterocycles. The highest BCUT2D eigenvalue weighted by Gasteiger charge is 2.34. The summed E-state index contributed by atoms with van der Waals surface area (Å²) in [6.07, 6.45) is 0.805. The minimum Gasteiger partial charge on any atom is -0.455 e. The molecule has 5 aromatic rings. The predicted octanol–water partition coefficient (Wildman–Crippen LogP) is 7.78. The number of aromatic nitrogens is 2. The Hall–Kier alpha value is -6.55. The van der Waals surface area contributed by atoms with E-state index < -0.39 is 49.3 Å². The molecule has 0 radical (unpaired) electrons. The number of sulfonamides is 1. The molecule has 3 aromatic carbocycles. The fraction of sp³-hybridized carbons (Fsp3) is 0.408. The average Bonchev–Trinajstić information content (AvgIpc) is 3.79. The van der Waals surface area contributed by atoms with Crippen molar-refractivity contribution < 1.29 is 50.3 Å². The Morgan fingerprint density at radius 3 is 2.54 bits per heavy atom. The van der Waals surface area contributed by atoms with Crippen LogP contribution >= 0.6 is 0 Å². The van der Waals surface area contributed by atoms with Gasteiger partial charge in [0.1, 0.15) is 29.4 Å². The average molecular weight is 989 g/mol. The van der Waals surface area contributed by atoms with Crippen molar-refractivity contribution in [3.05, 3.63) is 117 Å². The van der Waals surface area contributed by atoms with Crippen molar-refractivity contribution in [1.29, 1.82) is 0 Å². The number of halogens is 3. The van der Waals surface area contributed by atoms with E-state index in [0.29, 0.717) is 56.2 Å². The lowest BCUT2D eigenvalue weighted by atomic mass is 9.72. The second kappa shape index (κ2) is 20.4. The molecule has 3 aliphatic rings. The van der Waals surface area contributed by atoms with Gasteiger partial charge < -0.3 is 34.3 Å². The van der Waals surface area contributed by atoms with Crippen LogP contribution in [0.4, 0.5) is 30.2 Å². The number of aromatic amines is 1. The van der Waals surface area contributed by atoms with Crippen molar-refractivity contribution >= 4 is 55.5 Å². The van der Waals surface area contributed by atoms with Crippen LogP contribution in [0.1, 0.15) is 60.2 Å². The van der Waals surface area contributed by atoms with E-state index in [4.69, 9.17) is 14.2 Å². The number of methoxy groups -OCH3 is 1. The Morgan fingerprint density at radius 1 is 1.03 bits per heavy atom. The van der Waals surface area contributed by atoms with Gasteiger partial charge in [0.2, 0.25) is 5.91 Å². The number of allylic oxidation sites excluding steroid dienone is 1. The monoisotopic (exact) mass is 988 g/mol. The van der Waals surface area contributed by atoms with Crippen LogP contribution in [0.2, 0.25) is 0 Å². The number of H-pyrrole nitrogens is 1. The van der Waals surface area contributed by atoms with Gasteiger partial charge in [-0.1, -0.05) is 25.5 Å². The Balaban J connectivity index is 0.988. The topological polar surface area (TPSA) is 202 Å². The second-order valence-electron chi connectivity index (χ2n) is 18.6. The number of hydrogen-bond donors (Lipinski definition) is 3. The number of benzene rings is 3. The highest BCUT2D eigenvalue weighted by Crippen LogP contribution is 2.45. The van der Waals surface area contributed by atoms with Gasteiger partial charge in [0.15, 0.2) is 0 Å². The van der Waals surface area contributed by atoms with Gasteiger partial charge in [0, 0.05) is 88.9 Å². The maximum atomic E-state index is 14.0. The molecule has 2 aromatic heterocycles. The van der Waals surface area contributed by atoms with Gasteiger partial charge >= 0.3 is 6.18 Å². The Bertz CT molecular complexity index is 2930. The molecular weight excluding hydrogens is 934 g/mol. The van der Waals surface area contributed by atoms with Crippen LogP contribution in [0.25, 0.3) is 16.6 Å². The van der Waals surface area contributed by atoms with Crippen LogP contribution in [-0.2, 0) is 30.5 Å². The predicted molar refractivity (Wildman–Crippen MR) is 256 cm³/mol. The minimum atomic E-state index is -4.69. The Morgan fingerprint density at radius 2 is 1.81 bits per heavy atom. The maximum Gasteiger partial charge on any atom is 0.416 e. The normalized spacial score (nSPS) is 18.0. The maximum absolute atomic E-state index is 14.0. The second-order valence-corrected chi connectivity index (χ2v) is 20.3. The quantitative estimate of drug-likeness (QED) is 0.0679. The number of aryl methyl sites for hydroxylation is 1. The molecule has 2 amide bonds. The van der Waals surface area contributed by atoms with Gasteiger partial charge in [-0.2, -0.15) is 13.2 Å². The molecule has 0 saturated carbocycles. The fourth-order valence-corrected chi connectivity index (χ4v) is 10.2. The number of alkyl halides is 3. The summed E-state index contributed by atoms with van der Waals surface area (Å²) in [7, 11) is -3.27. The molecular formula is C49H55F3N8O9S. The van der Waals surface area contributed by atoms with Crippen LogP contribution in [0.15, 0.2) is 89.6 Å². The van der Waals surface area contributed by atoms with E-state index in [0.717, 1.165) is 47.9 Å². The summed E-state index contributed by atoms with van der Waals surface area (Å²) in [5, 5.41) is 15.9. The van der Waals surface area contributed by atoms with Crippen molar-refractivity contribution in [3.8, 4) is 11.5 Å². The van der Waals surface area contributed by atoms with Gasteiger partial charge in [-0.15, -0.1) is 0 Å². The van der Waals surface area contributed by atoms with E-state index in [1.165, 1.54) is 43.1 Å². The number of pyridine rings is 1. The summed E-state index contributed by atoms with van der Waals surface area (Å²) >= 11 is 0. The number of fused-ring (bicyclic) bond motifs is 1. The third kappa shape index (κ3) is 11.5. The molecule has 0 spiro atoms. The molecule has 0 unspecified atom stereocenters. The van der Waals surface area contributed by atoms with Crippen LogP contribution in [0.5, 0.6) is 11.5 Å². The van der Waals surface area contributed by atoms with Gasteiger partial charge in [0.05, 0.1) is 39.9 Å². The van der Waals surface area contributed by atoms with Gasteiger partial charge in [-0.05, 0) is 96.8 Å². The molecule has 70 heavy (non-hydrogen) atoms. The summed E-state index contributed by atoms with van der Waals surface area (Å²) in [4.78, 5) is 50.7. The van der Waals surface area contributed by atoms with Crippen LogP contribution < -0.4 is 19.7 Å². The highest BCUT2D eigenvalue weighted by atomic mass is 32.2. The molecule has 8 rings (SSSR count). The Kier molecular flexibility index (Phi) is 14.5. The third-order valence-corrected chi connectivity index (χ3v) is 14.3. The first-order valence-corrected chi connectivity index (χ1v) is 24.3. The van der Waals surface area contributed by atoms with Gasteiger partial charge in [0.25, 0.3) is 21.6 Å². The lowest BCUT2D eigenvalue weighted by Gasteiger charge is -2.39. The van der Waals surface area contributed by atoms with Crippen molar-refractivity contribution in [2.24, 2.45) is 5.41 Å². The summed E-state index contributed by atoms with van der Waals surface area (Å²) in [6, 6.07) is 15.6. The van der Waals surface area contributed by atoms with E-state index in [9.17, 15) is 41.3 Å². The van der Waals surface area contributed by atoms with Crippen LogP contribution in [0.3, 0.4) is 0 Å². The number of carbonyl (C=O) groups excluding carboxylic acids is 2. The lowest BCUT2D eigenvalue weighted by Crippen LogP contribution is -2.48. The zero-order valence-corrected chi connectivity index (χ0v) is 40.0. The molecule has 17 nitrogen and oxygen atoms in total. The molecule has 2 fully saturated rings. The number of hydrogen-bond acceptors (Lipinski definition) is 13. The number of morpholine rings is 1. The van der Waals surface area contributed by atoms with E-state index >= 15 is 0 Å². The molecule has 3 N–H and O–H groups in total. The smallest absolute Gasteiger partial charge is 0.416 e. The molecule has 2 saturated heterocycles. The number of anilines is 2. The summed E-state index contributed by atoms with van der Waals surface area (Å²) in [5.74, 6) is -0.952. The molecule has 4 heterocycles. The number of piperazine rings is 1. The number of rotatable bonds is 15. The van der Waals surface area contributed by atoms with E-state index in [-0.39, 0.29) is 60.4 Å². The zero-order valence-electron chi connectivity index (χ0n) is 39.2. The fourth-order valence-electron chi connectivity index (χ4n) is 9.21. The number of amides is 2. The van der Waals surface area contributed by atoms with E-state index in [2.05, 4.69) is 43.7 Å². The largest absolute Gasteiger partial charge is 0.455 e. The standard InChI is InChI=1S/C49H55F3N8O9S/c1-31-21-34(49(50,51)52)5-8-39(31)41-25-48(2,3)13-11-33(41)28-57-15-17-58(18-16-57)35-6-9-40(44(23-35)69-36-22-32-12-14-53-46(32)55-26-36)47(62)56-70(65,66)38-7-10-42(43(24-38)60(63)64)54-27-37-29-59(19-20-68-37)45(61)30-67-4/h5-10,12,14,21-24,26,37,54H,11,13,15-20,25,27-30H2,1-4H3,(H,53,55)(H,56,62)/t37-/m0/s1. The first-order chi connectivity index (χ1) is 33.3. The van der Waals surface area contributed by atoms with Crippen LogP contribution in [0, 0.1) is 22.5 Å². The summed E-state index contributed by atoms with van der Waals surface area (Å²) in [6.45, 7) is 10.1. The summed E-state index contributed by atoms with van der Waals surface area (Å²) < 4.78 is 87.3. The van der Waals surface area contributed by atoms with E-state index in [1.54, 1.807) is 48.4 Å². The number of nitro benzene ring substituents is 1.